The van der Waals surface area contributed by atoms with Crippen LogP contribution in [-0.2, 0) is 4.79 Å². The van der Waals surface area contributed by atoms with Gasteiger partial charge in [-0.05, 0) is 6.42 Å². The molecule has 3 N–H and O–H groups in total. The summed E-state index contributed by atoms with van der Waals surface area (Å²) in [5.41, 5.74) is 5.02. The average Bonchev–Trinajstić information content (AvgIpc) is 1.67. The van der Waals surface area contributed by atoms with Crippen molar-refractivity contribution in [1.29, 1.82) is 0 Å². The van der Waals surface area contributed by atoms with E-state index in [2.05, 4.69) is 0 Å². The predicted octanol–water partition coefficient (Wildman–Crippen LogP) is 0.375. The first-order chi connectivity index (χ1) is 3.50. The number of hydrogen-bond donors (Lipinski definition) is 2. The fourth-order valence-electron chi connectivity index (χ4n) is 0.151. The zero-order chi connectivity index (χ0) is 6.78. The number of alkyl halides is 1. The molecule has 3 nitrogen and oxygen atoms in total. The number of hydrogen-bond acceptors (Lipinski definition) is 2. The van der Waals surface area contributed by atoms with Crippen molar-refractivity contribution in [1.82, 2.24) is 0 Å². The van der Waals surface area contributed by atoms with Crippen LogP contribution in [0.25, 0.3) is 0 Å². The minimum absolute atomic E-state index is 0.226. The number of nitrogens with two attached hydrogens (primary N) is 1. The van der Waals surface area contributed by atoms with Crippen molar-refractivity contribution >= 4 is 17.6 Å². The van der Waals surface area contributed by atoms with Crippen LogP contribution in [0.2, 0.25) is 0 Å². The Kier molecular flexibility index (Phi) is 2.25. The maximum atomic E-state index is 10.00. The predicted molar refractivity (Wildman–Crippen MR) is 30.7 cm³/mol. The number of rotatable bonds is 2. The smallest absolute Gasteiger partial charge is 0.339 e. The van der Waals surface area contributed by atoms with E-state index >= 15 is 0 Å². The Morgan fingerprint density at radius 2 is 2.38 bits per heavy atom. The van der Waals surface area contributed by atoms with Crippen LogP contribution < -0.4 is 5.73 Å². The molecule has 0 saturated carbocycles. The van der Waals surface area contributed by atoms with Gasteiger partial charge in [0.25, 0.3) is 0 Å². The number of carbonyl (C=O) groups is 1. The first-order valence-electron chi connectivity index (χ1n) is 2.22. The maximum Gasteiger partial charge on any atom is 0.339 e. The highest BCUT2D eigenvalue weighted by atomic mass is 35.5. The van der Waals surface area contributed by atoms with Crippen LogP contribution in [0.1, 0.15) is 13.3 Å². The summed E-state index contributed by atoms with van der Waals surface area (Å²) in [5.74, 6) is -1.18. The van der Waals surface area contributed by atoms with Crippen LogP contribution >= 0.6 is 11.6 Å². The lowest BCUT2D eigenvalue weighted by molar-refractivity contribution is -0.140. The van der Waals surface area contributed by atoms with Gasteiger partial charge in [-0.3, -0.25) is 0 Å². The maximum absolute atomic E-state index is 10.00. The molecule has 0 aliphatic rings. The fraction of sp³-hybridized carbons (Fsp3) is 0.750. The second-order valence-electron chi connectivity index (χ2n) is 1.52. The third kappa shape index (κ3) is 1.68. The van der Waals surface area contributed by atoms with E-state index in [0.29, 0.717) is 0 Å². The van der Waals surface area contributed by atoms with Gasteiger partial charge in [-0.15, -0.1) is 0 Å². The van der Waals surface area contributed by atoms with Gasteiger partial charge in [0.15, 0.2) is 5.00 Å². The Morgan fingerprint density at radius 1 is 2.00 bits per heavy atom. The molecule has 0 aliphatic heterocycles. The Bertz CT molecular complexity index is 102. The monoisotopic (exact) mass is 137 g/mol. The molecule has 0 spiro atoms. The Labute approximate surface area is 52.4 Å². The molecule has 0 bridgehead atoms. The van der Waals surface area contributed by atoms with E-state index in [1.165, 1.54) is 0 Å². The zero-order valence-electron chi connectivity index (χ0n) is 4.52. The number of halogens is 1. The molecule has 0 aliphatic carbocycles. The fourth-order valence-corrected chi connectivity index (χ4v) is 0.151. The highest BCUT2D eigenvalue weighted by Gasteiger charge is 2.27. The molecule has 0 radical (unpaired) electrons. The van der Waals surface area contributed by atoms with Gasteiger partial charge in [-0.1, -0.05) is 18.5 Å². The van der Waals surface area contributed by atoms with Crippen LogP contribution in [0.3, 0.4) is 0 Å². The first kappa shape index (κ1) is 7.72. The Balaban J connectivity index is 3.91. The number of carboxylic acids is 1. The van der Waals surface area contributed by atoms with E-state index in [-0.39, 0.29) is 6.42 Å². The van der Waals surface area contributed by atoms with E-state index < -0.39 is 11.0 Å². The lowest BCUT2D eigenvalue weighted by Gasteiger charge is -2.11. The van der Waals surface area contributed by atoms with Gasteiger partial charge in [0.05, 0.1) is 0 Å². The highest BCUT2D eigenvalue weighted by molar-refractivity contribution is 6.33. The van der Waals surface area contributed by atoms with E-state index in [9.17, 15) is 4.79 Å². The summed E-state index contributed by atoms with van der Waals surface area (Å²) in [5, 5.41) is 8.18. The molecule has 0 heterocycles. The SMILES string of the molecule is CCC(N)(Cl)C(=O)O. The number of carboxylic acid groups (broad SMARTS) is 1. The molecule has 0 amide bonds. The number of aliphatic carboxylic acids is 1. The molecule has 8 heavy (non-hydrogen) atoms. The highest BCUT2D eigenvalue weighted by Crippen LogP contribution is 2.10. The normalized spacial score (nSPS) is 17.4. The molecule has 0 aromatic rings. The van der Waals surface area contributed by atoms with Gasteiger partial charge in [0, 0.05) is 0 Å². The van der Waals surface area contributed by atoms with Crippen molar-refractivity contribution in [3.63, 3.8) is 0 Å². The average molecular weight is 138 g/mol. The minimum Gasteiger partial charge on any atom is -0.479 e. The third-order valence-electron chi connectivity index (χ3n) is 0.870. The van der Waals surface area contributed by atoms with E-state index in [4.69, 9.17) is 22.4 Å². The topological polar surface area (TPSA) is 63.3 Å². The molecular weight excluding hydrogens is 130 g/mol. The molecule has 0 fully saturated rings. The summed E-state index contributed by atoms with van der Waals surface area (Å²) in [6.07, 6.45) is 0.226. The van der Waals surface area contributed by atoms with Gasteiger partial charge in [0.1, 0.15) is 0 Å². The van der Waals surface area contributed by atoms with Gasteiger partial charge < -0.3 is 10.8 Å². The summed E-state index contributed by atoms with van der Waals surface area (Å²) in [6.45, 7) is 1.61. The van der Waals surface area contributed by atoms with Gasteiger partial charge >= 0.3 is 5.97 Å². The third-order valence-corrected chi connectivity index (χ3v) is 1.30. The van der Waals surface area contributed by atoms with Crippen LogP contribution in [0.4, 0.5) is 0 Å². The van der Waals surface area contributed by atoms with Crippen molar-refractivity contribution in [3.8, 4) is 0 Å². The second-order valence-corrected chi connectivity index (χ2v) is 2.20. The summed E-state index contributed by atoms with van der Waals surface area (Å²) in [4.78, 5) is 8.43. The molecule has 48 valence electrons. The minimum atomic E-state index is -1.57. The molecule has 0 aromatic carbocycles. The van der Waals surface area contributed by atoms with E-state index in [1.807, 2.05) is 0 Å². The van der Waals surface area contributed by atoms with Crippen LogP contribution in [0, 0.1) is 0 Å². The lowest BCUT2D eigenvalue weighted by atomic mass is 10.2. The molecule has 1 unspecified atom stereocenters. The van der Waals surface area contributed by atoms with Crippen molar-refractivity contribution in [2.75, 3.05) is 0 Å². The second kappa shape index (κ2) is 2.33. The van der Waals surface area contributed by atoms with Crippen LogP contribution in [0.5, 0.6) is 0 Å². The largest absolute Gasteiger partial charge is 0.479 e. The molecule has 1 atom stereocenters. The van der Waals surface area contributed by atoms with Crippen molar-refractivity contribution in [3.05, 3.63) is 0 Å². The van der Waals surface area contributed by atoms with E-state index in [0.717, 1.165) is 0 Å². The Morgan fingerprint density at radius 3 is 2.38 bits per heavy atom. The molecule has 0 aromatic heterocycles. The standard InChI is InChI=1S/C4H8ClNO2/c1-2-4(5,6)3(7)8/h2,6H2,1H3,(H,7,8). The molecule has 0 saturated heterocycles. The summed E-state index contributed by atoms with van der Waals surface area (Å²) >= 11 is 5.23. The summed E-state index contributed by atoms with van der Waals surface area (Å²) in [6, 6.07) is 0. The van der Waals surface area contributed by atoms with Gasteiger partial charge in [0.2, 0.25) is 0 Å². The lowest BCUT2D eigenvalue weighted by Crippen LogP contribution is -2.41. The Hall–Kier alpha value is -0.280. The summed E-state index contributed by atoms with van der Waals surface area (Å²) < 4.78 is 0. The molecular formula is C4H8ClNO2. The van der Waals surface area contributed by atoms with Crippen molar-refractivity contribution in [2.45, 2.75) is 18.3 Å². The van der Waals surface area contributed by atoms with Crippen LogP contribution in [-0.4, -0.2) is 16.1 Å². The van der Waals surface area contributed by atoms with Crippen molar-refractivity contribution in [2.24, 2.45) is 5.73 Å². The zero-order valence-corrected chi connectivity index (χ0v) is 5.27. The van der Waals surface area contributed by atoms with Crippen LogP contribution in [0.15, 0.2) is 0 Å². The molecule has 4 heteroatoms. The first-order valence-corrected chi connectivity index (χ1v) is 2.59. The quantitative estimate of drug-likeness (QED) is 0.427. The van der Waals surface area contributed by atoms with Gasteiger partial charge in [-0.2, -0.15) is 0 Å². The summed E-state index contributed by atoms with van der Waals surface area (Å²) in [7, 11) is 0. The molecule has 0 rings (SSSR count). The van der Waals surface area contributed by atoms with Gasteiger partial charge in [-0.25, -0.2) is 4.79 Å². The van der Waals surface area contributed by atoms with Crippen molar-refractivity contribution < 1.29 is 9.90 Å². The van der Waals surface area contributed by atoms with E-state index in [1.54, 1.807) is 6.92 Å².